The smallest absolute Gasteiger partial charge is 0.136 e. The van der Waals surface area contributed by atoms with Crippen molar-refractivity contribution in [1.29, 1.82) is 0 Å². The van der Waals surface area contributed by atoms with Crippen molar-refractivity contribution in [2.45, 2.75) is 20.1 Å². The second kappa shape index (κ2) is 10.7. The number of piperazine rings is 1. The van der Waals surface area contributed by atoms with Crippen LogP contribution in [-0.2, 0) is 17.9 Å². The molecule has 1 saturated heterocycles. The Morgan fingerprint density at radius 1 is 1.00 bits per heavy atom. The number of halogens is 1. The fourth-order valence-electron chi connectivity index (χ4n) is 4.88. The molecule has 36 heavy (non-hydrogen) atoms. The zero-order chi connectivity index (χ0) is 25.2. The molecule has 1 aliphatic heterocycles. The first-order valence-corrected chi connectivity index (χ1v) is 13.1. The SMILES string of the molecule is CCOCc1nc2c(-c3cccc(N4CCN(C)CC4)c3)nc3c(Cl)cccc3c2n1CCN(C)C. The Balaban J connectivity index is 1.71. The number of likely N-dealkylation sites (N-methyl/N-ethyl adjacent to an activating group) is 2. The second-order valence-electron chi connectivity index (χ2n) is 9.75. The molecule has 1 fully saturated rings. The fourth-order valence-corrected chi connectivity index (χ4v) is 5.10. The normalized spacial score (nSPS) is 15.0. The van der Waals surface area contributed by atoms with Crippen molar-refractivity contribution in [1.82, 2.24) is 24.3 Å². The van der Waals surface area contributed by atoms with Crippen LogP contribution < -0.4 is 4.90 Å². The lowest BCUT2D eigenvalue weighted by atomic mass is 10.1. The van der Waals surface area contributed by atoms with Gasteiger partial charge in [-0.1, -0.05) is 35.9 Å². The van der Waals surface area contributed by atoms with Crippen molar-refractivity contribution in [3.63, 3.8) is 0 Å². The molecular formula is C28H35ClN6O. The number of aromatic nitrogens is 3. The van der Waals surface area contributed by atoms with Crippen molar-refractivity contribution >= 4 is 39.2 Å². The third-order valence-corrected chi connectivity index (χ3v) is 7.24. The molecule has 2 aromatic carbocycles. The van der Waals surface area contributed by atoms with Gasteiger partial charge in [0, 0.05) is 62.5 Å². The van der Waals surface area contributed by atoms with E-state index in [-0.39, 0.29) is 0 Å². The number of rotatable bonds is 8. The van der Waals surface area contributed by atoms with Crippen molar-refractivity contribution in [3.05, 3.63) is 53.3 Å². The van der Waals surface area contributed by atoms with Gasteiger partial charge in [0.1, 0.15) is 17.9 Å². The van der Waals surface area contributed by atoms with Crippen LogP contribution in [0.3, 0.4) is 0 Å². The van der Waals surface area contributed by atoms with E-state index in [1.54, 1.807) is 0 Å². The molecule has 0 N–H and O–H groups in total. The Morgan fingerprint density at radius 2 is 1.78 bits per heavy atom. The van der Waals surface area contributed by atoms with Crippen LogP contribution in [0.5, 0.6) is 0 Å². The van der Waals surface area contributed by atoms with Crippen LogP contribution in [0.1, 0.15) is 12.7 Å². The quantitative estimate of drug-likeness (QED) is 0.343. The van der Waals surface area contributed by atoms with Crippen LogP contribution in [0.4, 0.5) is 5.69 Å². The zero-order valence-corrected chi connectivity index (χ0v) is 22.4. The average molecular weight is 507 g/mol. The summed E-state index contributed by atoms with van der Waals surface area (Å²) in [4.78, 5) is 17.3. The first kappa shape index (κ1) is 25.0. The fraction of sp³-hybridized carbons (Fsp3) is 0.429. The minimum absolute atomic E-state index is 0.460. The number of pyridine rings is 1. The molecule has 4 aromatic rings. The van der Waals surface area contributed by atoms with Gasteiger partial charge in [0.15, 0.2) is 0 Å². The lowest BCUT2D eigenvalue weighted by Crippen LogP contribution is -2.44. The summed E-state index contributed by atoms with van der Waals surface area (Å²) in [5.41, 5.74) is 5.91. The van der Waals surface area contributed by atoms with Crippen LogP contribution >= 0.6 is 11.6 Å². The van der Waals surface area contributed by atoms with Gasteiger partial charge in [-0.2, -0.15) is 0 Å². The first-order chi connectivity index (χ1) is 17.5. The number of anilines is 1. The molecule has 7 nitrogen and oxygen atoms in total. The predicted octanol–water partition coefficient (Wildman–Crippen LogP) is 4.75. The molecule has 0 saturated carbocycles. The summed E-state index contributed by atoms with van der Waals surface area (Å²) in [5, 5.41) is 1.67. The highest BCUT2D eigenvalue weighted by Crippen LogP contribution is 2.36. The van der Waals surface area contributed by atoms with Gasteiger partial charge in [-0.3, -0.25) is 0 Å². The van der Waals surface area contributed by atoms with E-state index in [1.165, 1.54) is 5.69 Å². The summed E-state index contributed by atoms with van der Waals surface area (Å²) in [6.45, 7) is 8.97. The number of nitrogens with zero attached hydrogens (tertiary/aromatic N) is 6. The lowest BCUT2D eigenvalue weighted by Gasteiger charge is -2.34. The molecular weight excluding hydrogens is 472 g/mol. The summed E-state index contributed by atoms with van der Waals surface area (Å²) in [7, 11) is 6.36. The number of para-hydroxylation sites is 1. The van der Waals surface area contributed by atoms with E-state index in [4.69, 9.17) is 26.3 Å². The molecule has 0 aliphatic carbocycles. The van der Waals surface area contributed by atoms with E-state index in [2.05, 4.69) is 70.7 Å². The van der Waals surface area contributed by atoms with Gasteiger partial charge in [0.2, 0.25) is 0 Å². The van der Waals surface area contributed by atoms with E-state index >= 15 is 0 Å². The predicted molar refractivity (Wildman–Crippen MR) is 149 cm³/mol. The maximum Gasteiger partial charge on any atom is 0.136 e. The summed E-state index contributed by atoms with van der Waals surface area (Å²) in [6.07, 6.45) is 0. The van der Waals surface area contributed by atoms with Crippen LogP contribution in [0.2, 0.25) is 5.02 Å². The van der Waals surface area contributed by atoms with Gasteiger partial charge in [0.25, 0.3) is 0 Å². The van der Waals surface area contributed by atoms with E-state index in [1.807, 2.05) is 19.1 Å². The summed E-state index contributed by atoms with van der Waals surface area (Å²) in [6, 6.07) is 14.7. The number of imidazole rings is 1. The van der Waals surface area contributed by atoms with Gasteiger partial charge in [-0.15, -0.1) is 0 Å². The largest absolute Gasteiger partial charge is 0.374 e. The molecule has 2 aromatic heterocycles. The second-order valence-corrected chi connectivity index (χ2v) is 10.2. The third-order valence-electron chi connectivity index (χ3n) is 6.93. The molecule has 0 radical (unpaired) electrons. The van der Waals surface area contributed by atoms with Gasteiger partial charge in [-0.05, 0) is 46.3 Å². The maximum atomic E-state index is 6.72. The van der Waals surface area contributed by atoms with Gasteiger partial charge >= 0.3 is 0 Å². The molecule has 3 heterocycles. The monoisotopic (exact) mass is 506 g/mol. The van der Waals surface area contributed by atoms with E-state index in [9.17, 15) is 0 Å². The van der Waals surface area contributed by atoms with Crippen LogP contribution in [-0.4, -0.2) is 84.8 Å². The van der Waals surface area contributed by atoms with Gasteiger partial charge < -0.3 is 24.0 Å². The third kappa shape index (κ3) is 4.93. The zero-order valence-electron chi connectivity index (χ0n) is 21.7. The number of hydrogen-bond donors (Lipinski definition) is 0. The Hall–Kier alpha value is -2.71. The minimum atomic E-state index is 0.460. The number of benzene rings is 2. The van der Waals surface area contributed by atoms with Crippen LogP contribution in [0, 0.1) is 0 Å². The van der Waals surface area contributed by atoms with Crippen molar-refractivity contribution in [3.8, 4) is 11.3 Å². The summed E-state index contributed by atoms with van der Waals surface area (Å²) < 4.78 is 8.12. The number of hydrogen-bond acceptors (Lipinski definition) is 6. The Morgan fingerprint density at radius 3 is 2.53 bits per heavy atom. The Kier molecular flexibility index (Phi) is 7.44. The van der Waals surface area contributed by atoms with E-state index in [0.29, 0.717) is 18.2 Å². The van der Waals surface area contributed by atoms with E-state index in [0.717, 1.165) is 78.3 Å². The molecule has 0 amide bonds. The summed E-state index contributed by atoms with van der Waals surface area (Å²) >= 11 is 6.72. The van der Waals surface area contributed by atoms with E-state index < -0.39 is 0 Å². The molecule has 190 valence electrons. The Bertz CT molecular complexity index is 1360. The number of ether oxygens (including phenoxy) is 1. The molecule has 0 atom stereocenters. The standard InChI is InChI=1S/C28H35ClN6O/c1-5-36-19-24-30-27-25(20-8-6-9-21(18-20)34-15-13-33(4)14-16-34)31-26-22(10-7-11-23(26)29)28(27)35(24)17-12-32(2)3/h6-11,18H,5,12-17,19H2,1-4H3. The van der Waals surface area contributed by atoms with Gasteiger partial charge in [-0.25, -0.2) is 9.97 Å². The highest BCUT2D eigenvalue weighted by atomic mass is 35.5. The highest BCUT2D eigenvalue weighted by Gasteiger charge is 2.22. The number of fused-ring (bicyclic) bond motifs is 3. The molecule has 5 rings (SSSR count). The molecule has 0 unspecified atom stereocenters. The van der Waals surface area contributed by atoms with Crippen molar-refractivity contribution in [2.24, 2.45) is 0 Å². The highest BCUT2D eigenvalue weighted by molar-refractivity contribution is 6.36. The Labute approximate surface area is 218 Å². The lowest BCUT2D eigenvalue weighted by molar-refractivity contribution is 0.125. The van der Waals surface area contributed by atoms with Crippen molar-refractivity contribution in [2.75, 3.05) is 65.4 Å². The first-order valence-electron chi connectivity index (χ1n) is 12.7. The topological polar surface area (TPSA) is 49.7 Å². The van der Waals surface area contributed by atoms with Crippen LogP contribution in [0.15, 0.2) is 42.5 Å². The van der Waals surface area contributed by atoms with Crippen molar-refractivity contribution < 1.29 is 4.74 Å². The molecule has 0 spiro atoms. The van der Waals surface area contributed by atoms with Gasteiger partial charge in [0.05, 0.1) is 21.7 Å². The molecule has 8 heteroatoms. The average Bonchev–Trinajstić information content (AvgIpc) is 3.25. The summed E-state index contributed by atoms with van der Waals surface area (Å²) in [5.74, 6) is 0.916. The maximum absolute atomic E-state index is 6.72. The molecule has 1 aliphatic rings. The molecule has 0 bridgehead atoms. The minimum Gasteiger partial charge on any atom is -0.374 e. The van der Waals surface area contributed by atoms with Crippen LogP contribution in [0.25, 0.3) is 33.2 Å².